The van der Waals surface area contributed by atoms with E-state index in [1.165, 1.54) is 0 Å². The lowest BCUT2D eigenvalue weighted by molar-refractivity contribution is 0.456. The fourth-order valence-corrected chi connectivity index (χ4v) is 1.15. The van der Waals surface area contributed by atoms with Crippen LogP contribution >= 0.6 is 0 Å². The van der Waals surface area contributed by atoms with Gasteiger partial charge in [0.25, 0.3) is 0 Å². The van der Waals surface area contributed by atoms with Gasteiger partial charge < -0.3 is 0 Å². The molecule has 0 rings (SSSR count). The minimum Gasteiger partial charge on any atom is -0.198 e. The first-order chi connectivity index (χ1) is 4.70. The second kappa shape index (κ2) is 5.29. The third-order valence-corrected chi connectivity index (χ3v) is 1.58. The van der Waals surface area contributed by atoms with Gasteiger partial charge in [0.15, 0.2) is 0 Å². The van der Waals surface area contributed by atoms with Crippen molar-refractivity contribution in [2.24, 2.45) is 11.8 Å². The number of hydrogen-bond acceptors (Lipinski definition) is 1. The second-order valence-electron chi connectivity index (χ2n) is 3.24. The van der Waals surface area contributed by atoms with Crippen molar-refractivity contribution in [2.75, 3.05) is 0 Å². The molecule has 0 aromatic carbocycles. The first kappa shape index (κ1) is 9.49. The standard InChI is InChI=1S/C9H17N/c1-4-5-9(7-10)6-8(2)3/h8-9H,4-6H2,1-3H3/t9-/m1/s1. The summed E-state index contributed by atoms with van der Waals surface area (Å²) < 4.78 is 0. The predicted octanol–water partition coefficient (Wildman–Crippen LogP) is 2.97. The Morgan fingerprint density at radius 1 is 1.40 bits per heavy atom. The van der Waals surface area contributed by atoms with E-state index in [0.717, 1.165) is 19.3 Å². The molecule has 0 spiro atoms. The molecule has 0 amide bonds. The van der Waals surface area contributed by atoms with E-state index in [1.54, 1.807) is 0 Å². The molecule has 0 unspecified atom stereocenters. The Morgan fingerprint density at radius 3 is 2.30 bits per heavy atom. The molecule has 0 saturated heterocycles. The van der Waals surface area contributed by atoms with E-state index >= 15 is 0 Å². The lowest BCUT2D eigenvalue weighted by atomic mass is 9.95. The molecular formula is C9H17N. The maximum atomic E-state index is 8.66. The number of nitrogens with zero attached hydrogens (tertiary/aromatic N) is 1. The summed E-state index contributed by atoms with van der Waals surface area (Å²) in [7, 11) is 0. The van der Waals surface area contributed by atoms with Gasteiger partial charge in [-0.15, -0.1) is 0 Å². The molecule has 0 saturated carbocycles. The molecule has 0 aromatic heterocycles. The highest BCUT2D eigenvalue weighted by Gasteiger charge is 2.07. The van der Waals surface area contributed by atoms with E-state index in [1.807, 2.05) is 0 Å². The number of rotatable bonds is 4. The molecule has 0 aliphatic rings. The molecule has 58 valence electrons. The smallest absolute Gasteiger partial charge is 0.0655 e. The molecule has 0 aliphatic heterocycles. The van der Waals surface area contributed by atoms with Gasteiger partial charge in [0.1, 0.15) is 0 Å². The predicted molar refractivity (Wildman–Crippen MR) is 43.5 cm³/mol. The van der Waals surface area contributed by atoms with Crippen molar-refractivity contribution in [2.45, 2.75) is 40.0 Å². The van der Waals surface area contributed by atoms with Gasteiger partial charge in [-0.05, 0) is 18.8 Å². The topological polar surface area (TPSA) is 23.8 Å². The molecule has 0 heterocycles. The summed E-state index contributed by atoms with van der Waals surface area (Å²) in [5.74, 6) is 0.959. The largest absolute Gasteiger partial charge is 0.198 e. The monoisotopic (exact) mass is 139 g/mol. The van der Waals surface area contributed by atoms with Gasteiger partial charge >= 0.3 is 0 Å². The Hall–Kier alpha value is -0.510. The summed E-state index contributed by atoms with van der Waals surface area (Å²) in [6.45, 7) is 6.46. The van der Waals surface area contributed by atoms with Crippen molar-refractivity contribution in [3.05, 3.63) is 0 Å². The van der Waals surface area contributed by atoms with Gasteiger partial charge in [-0.2, -0.15) is 5.26 Å². The lowest BCUT2D eigenvalue weighted by Gasteiger charge is -2.08. The molecule has 0 fully saturated rings. The molecule has 10 heavy (non-hydrogen) atoms. The van der Waals surface area contributed by atoms with Crippen LogP contribution in [0.15, 0.2) is 0 Å². The molecule has 1 atom stereocenters. The van der Waals surface area contributed by atoms with E-state index in [0.29, 0.717) is 11.8 Å². The van der Waals surface area contributed by atoms with Crippen LogP contribution in [0.1, 0.15) is 40.0 Å². The third-order valence-electron chi connectivity index (χ3n) is 1.58. The number of nitriles is 1. The molecule has 1 nitrogen and oxygen atoms in total. The zero-order valence-corrected chi connectivity index (χ0v) is 7.22. The zero-order valence-electron chi connectivity index (χ0n) is 7.22. The molecule has 1 heteroatoms. The van der Waals surface area contributed by atoms with Gasteiger partial charge in [0.05, 0.1) is 6.07 Å². The van der Waals surface area contributed by atoms with Crippen LogP contribution in [0.4, 0.5) is 0 Å². The number of hydrogen-bond donors (Lipinski definition) is 0. The maximum absolute atomic E-state index is 8.66. The molecule has 0 radical (unpaired) electrons. The molecule has 0 aliphatic carbocycles. The first-order valence-corrected chi connectivity index (χ1v) is 4.10. The van der Waals surface area contributed by atoms with Crippen LogP contribution in [-0.4, -0.2) is 0 Å². The Bertz CT molecular complexity index is 110. The van der Waals surface area contributed by atoms with Crippen molar-refractivity contribution < 1.29 is 0 Å². The van der Waals surface area contributed by atoms with Crippen molar-refractivity contribution in [3.63, 3.8) is 0 Å². The zero-order chi connectivity index (χ0) is 7.98. The molecule has 0 N–H and O–H groups in total. The Labute approximate surface area is 64.1 Å². The van der Waals surface area contributed by atoms with E-state index in [4.69, 9.17) is 5.26 Å². The van der Waals surface area contributed by atoms with Crippen molar-refractivity contribution in [3.8, 4) is 6.07 Å². The summed E-state index contributed by atoms with van der Waals surface area (Å²) in [6, 6.07) is 2.33. The Kier molecular flexibility index (Phi) is 5.02. The lowest BCUT2D eigenvalue weighted by Crippen LogP contribution is -2.00. The molecule has 0 aromatic rings. The van der Waals surface area contributed by atoms with E-state index < -0.39 is 0 Å². The summed E-state index contributed by atoms with van der Waals surface area (Å²) in [4.78, 5) is 0. The van der Waals surface area contributed by atoms with Gasteiger partial charge in [0, 0.05) is 5.92 Å². The fourth-order valence-electron chi connectivity index (χ4n) is 1.15. The van der Waals surface area contributed by atoms with Crippen molar-refractivity contribution in [1.82, 2.24) is 0 Å². The van der Waals surface area contributed by atoms with Crippen LogP contribution in [-0.2, 0) is 0 Å². The first-order valence-electron chi connectivity index (χ1n) is 4.10. The van der Waals surface area contributed by atoms with Crippen molar-refractivity contribution in [1.29, 1.82) is 5.26 Å². The van der Waals surface area contributed by atoms with Crippen molar-refractivity contribution >= 4 is 0 Å². The van der Waals surface area contributed by atoms with Crippen LogP contribution in [0.3, 0.4) is 0 Å². The second-order valence-corrected chi connectivity index (χ2v) is 3.24. The SMILES string of the molecule is CCC[C@@H](C#N)CC(C)C. The maximum Gasteiger partial charge on any atom is 0.0655 e. The van der Waals surface area contributed by atoms with Crippen LogP contribution in [0.2, 0.25) is 0 Å². The molecule has 0 bridgehead atoms. The van der Waals surface area contributed by atoms with E-state index in [9.17, 15) is 0 Å². The van der Waals surface area contributed by atoms with Crippen LogP contribution in [0.25, 0.3) is 0 Å². The highest BCUT2D eigenvalue weighted by Crippen LogP contribution is 2.15. The van der Waals surface area contributed by atoms with Crippen LogP contribution in [0, 0.1) is 23.2 Å². The quantitative estimate of drug-likeness (QED) is 0.587. The summed E-state index contributed by atoms with van der Waals surface area (Å²) in [6.07, 6.45) is 3.25. The van der Waals surface area contributed by atoms with E-state index in [2.05, 4.69) is 26.8 Å². The van der Waals surface area contributed by atoms with Gasteiger partial charge in [0.2, 0.25) is 0 Å². The highest BCUT2D eigenvalue weighted by molar-refractivity contribution is 4.82. The van der Waals surface area contributed by atoms with Crippen LogP contribution < -0.4 is 0 Å². The summed E-state index contributed by atoms with van der Waals surface area (Å²) >= 11 is 0. The Morgan fingerprint density at radius 2 is 2.00 bits per heavy atom. The summed E-state index contributed by atoms with van der Waals surface area (Å²) in [5.41, 5.74) is 0. The normalized spacial score (nSPS) is 13.1. The summed E-state index contributed by atoms with van der Waals surface area (Å²) in [5, 5.41) is 8.66. The van der Waals surface area contributed by atoms with Gasteiger partial charge in [-0.25, -0.2) is 0 Å². The van der Waals surface area contributed by atoms with Gasteiger partial charge in [-0.1, -0.05) is 27.2 Å². The Balaban J connectivity index is 3.52. The minimum absolute atomic E-state index is 0.296. The third kappa shape index (κ3) is 4.38. The molecular weight excluding hydrogens is 122 g/mol. The minimum atomic E-state index is 0.296. The van der Waals surface area contributed by atoms with E-state index in [-0.39, 0.29) is 0 Å². The highest BCUT2D eigenvalue weighted by atomic mass is 14.3. The fraction of sp³-hybridized carbons (Fsp3) is 0.889. The average molecular weight is 139 g/mol. The average Bonchev–Trinajstić information content (AvgIpc) is 1.86. The van der Waals surface area contributed by atoms with Gasteiger partial charge in [-0.3, -0.25) is 0 Å². The van der Waals surface area contributed by atoms with Crippen LogP contribution in [0.5, 0.6) is 0 Å².